The maximum Gasteiger partial charge on any atom is 0.255 e. The van der Waals surface area contributed by atoms with E-state index in [4.69, 9.17) is 4.74 Å². The molecule has 0 fully saturated rings. The second-order valence-electron chi connectivity index (χ2n) is 5.21. The van der Waals surface area contributed by atoms with Crippen LogP contribution in [-0.2, 0) is 6.54 Å². The molecule has 122 valence electrons. The molecule has 3 rings (SSSR count). The van der Waals surface area contributed by atoms with E-state index in [2.05, 4.69) is 15.5 Å². The molecule has 6 nitrogen and oxygen atoms in total. The third-order valence-electron chi connectivity index (χ3n) is 3.67. The molecule has 24 heavy (non-hydrogen) atoms. The predicted octanol–water partition coefficient (Wildman–Crippen LogP) is 3.23. The zero-order valence-electron chi connectivity index (χ0n) is 13.6. The number of ether oxygens (including phenoxy) is 1. The molecule has 1 aromatic heterocycles. The van der Waals surface area contributed by atoms with E-state index in [1.54, 1.807) is 37.7 Å². The Bertz CT molecular complexity index is 857. The van der Waals surface area contributed by atoms with Crippen LogP contribution in [0.3, 0.4) is 0 Å². The number of nitrogens with zero attached hydrogens (tertiary/aromatic N) is 3. The van der Waals surface area contributed by atoms with E-state index in [0.29, 0.717) is 17.0 Å². The van der Waals surface area contributed by atoms with Crippen molar-refractivity contribution in [2.45, 2.75) is 13.5 Å². The molecular formula is C18H18N4O2. The van der Waals surface area contributed by atoms with Crippen molar-refractivity contribution in [2.75, 3.05) is 12.4 Å². The Hall–Kier alpha value is -3.15. The molecule has 0 radical (unpaired) electrons. The van der Waals surface area contributed by atoms with Crippen molar-refractivity contribution in [1.29, 1.82) is 0 Å². The first kappa shape index (κ1) is 15.7. The number of amides is 1. The van der Waals surface area contributed by atoms with Crippen molar-refractivity contribution < 1.29 is 9.53 Å². The van der Waals surface area contributed by atoms with Crippen LogP contribution in [-0.4, -0.2) is 27.8 Å². The smallest absolute Gasteiger partial charge is 0.255 e. The average Bonchev–Trinajstić information content (AvgIpc) is 3.11. The average molecular weight is 322 g/mol. The van der Waals surface area contributed by atoms with E-state index < -0.39 is 0 Å². The molecule has 0 saturated carbocycles. The largest absolute Gasteiger partial charge is 0.497 e. The maximum absolute atomic E-state index is 12.4. The summed E-state index contributed by atoms with van der Waals surface area (Å²) in [4.78, 5) is 12.4. The Morgan fingerprint density at radius 1 is 1.21 bits per heavy atom. The molecule has 3 aromatic rings. The van der Waals surface area contributed by atoms with Gasteiger partial charge in [-0.15, -0.1) is 10.2 Å². The van der Waals surface area contributed by atoms with Crippen LogP contribution < -0.4 is 10.1 Å². The standard InChI is InChI=1S/C18H18N4O2/c1-3-22-12-19-21-17(22)13-6-4-8-15(10-13)20-18(23)14-7-5-9-16(11-14)24-2/h4-12H,3H2,1-2H3,(H,20,23). The SMILES string of the molecule is CCn1cnnc1-c1cccc(NC(=O)c2cccc(OC)c2)c1. The molecule has 0 spiro atoms. The van der Waals surface area contributed by atoms with Crippen LogP contribution in [0.4, 0.5) is 5.69 Å². The lowest BCUT2D eigenvalue weighted by molar-refractivity contribution is 0.102. The van der Waals surface area contributed by atoms with Crippen molar-refractivity contribution in [3.63, 3.8) is 0 Å². The highest BCUT2D eigenvalue weighted by molar-refractivity contribution is 6.04. The molecule has 0 unspecified atom stereocenters. The Kier molecular flexibility index (Phi) is 4.56. The third-order valence-corrected chi connectivity index (χ3v) is 3.67. The number of hydrogen-bond donors (Lipinski definition) is 1. The topological polar surface area (TPSA) is 69.0 Å². The van der Waals surface area contributed by atoms with Crippen molar-refractivity contribution in [3.05, 3.63) is 60.4 Å². The number of carbonyl (C=O) groups excluding carboxylic acids is 1. The second-order valence-corrected chi connectivity index (χ2v) is 5.21. The van der Waals surface area contributed by atoms with E-state index in [1.165, 1.54) is 0 Å². The van der Waals surface area contributed by atoms with Crippen LogP contribution in [0.25, 0.3) is 11.4 Å². The first-order valence-electron chi connectivity index (χ1n) is 7.65. The lowest BCUT2D eigenvalue weighted by Gasteiger charge is -2.09. The molecule has 1 N–H and O–H groups in total. The van der Waals surface area contributed by atoms with Gasteiger partial charge in [-0.2, -0.15) is 0 Å². The van der Waals surface area contributed by atoms with Gasteiger partial charge in [0.25, 0.3) is 5.91 Å². The molecule has 2 aromatic carbocycles. The number of rotatable bonds is 5. The van der Waals surface area contributed by atoms with Gasteiger partial charge in [-0.25, -0.2) is 0 Å². The molecule has 1 amide bonds. The summed E-state index contributed by atoms with van der Waals surface area (Å²) >= 11 is 0. The Morgan fingerprint density at radius 3 is 2.83 bits per heavy atom. The highest BCUT2D eigenvalue weighted by Gasteiger charge is 2.10. The second kappa shape index (κ2) is 6.95. The molecule has 0 bridgehead atoms. The summed E-state index contributed by atoms with van der Waals surface area (Å²) in [6, 6.07) is 14.6. The fourth-order valence-electron chi connectivity index (χ4n) is 2.41. The third kappa shape index (κ3) is 3.27. The lowest BCUT2D eigenvalue weighted by atomic mass is 10.1. The Balaban J connectivity index is 1.83. The van der Waals surface area contributed by atoms with Gasteiger partial charge in [-0.3, -0.25) is 4.79 Å². The van der Waals surface area contributed by atoms with Gasteiger partial charge in [0.05, 0.1) is 7.11 Å². The zero-order valence-corrected chi connectivity index (χ0v) is 13.6. The van der Waals surface area contributed by atoms with E-state index in [9.17, 15) is 4.79 Å². The summed E-state index contributed by atoms with van der Waals surface area (Å²) < 4.78 is 7.10. The van der Waals surface area contributed by atoms with Gasteiger partial charge >= 0.3 is 0 Å². The molecule has 0 atom stereocenters. The highest BCUT2D eigenvalue weighted by Crippen LogP contribution is 2.21. The minimum absolute atomic E-state index is 0.192. The molecule has 0 aliphatic carbocycles. The maximum atomic E-state index is 12.4. The minimum atomic E-state index is -0.192. The van der Waals surface area contributed by atoms with Gasteiger partial charge in [0, 0.05) is 23.4 Å². The van der Waals surface area contributed by atoms with Crippen LogP contribution in [0.1, 0.15) is 17.3 Å². The molecule has 1 heterocycles. The molecule has 0 aliphatic rings. The molecule has 0 aliphatic heterocycles. The lowest BCUT2D eigenvalue weighted by Crippen LogP contribution is -2.12. The van der Waals surface area contributed by atoms with Gasteiger partial charge in [0.2, 0.25) is 0 Å². The van der Waals surface area contributed by atoms with Gasteiger partial charge < -0.3 is 14.6 Å². The van der Waals surface area contributed by atoms with Crippen LogP contribution in [0, 0.1) is 0 Å². The number of aromatic nitrogens is 3. The van der Waals surface area contributed by atoms with E-state index in [1.807, 2.05) is 35.8 Å². The number of benzene rings is 2. The fourth-order valence-corrected chi connectivity index (χ4v) is 2.41. The quantitative estimate of drug-likeness (QED) is 0.783. The molecule has 0 saturated heterocycles. The van der Waals surface area contributed by atoms with Gasteiger partial charge in [-0.05, 0) is 37.3 Å². The summed E-state index contributed by atoms with van der Waals surface area (Å²) in [7, 11) is 1.57. The fraction of sp³-hybridized carbons (Fsp3) is 0.167. The van der Waals surface area contributed by atoms with Gasteiger partial charge in [-0.1, -0.05) is 18.2 Å². The van der Waals surface area contributed by atoms with E-state index >= 15 is 0 Å². The van der Waals surface area contributed by atoms with Crippen LogP contribution in [0.15, 0.2) is 54.9 Å². The number of aryl methyl sites for hydroxylation is 1. The van der Waals surface area contributed by atoms with Crippen molar-refractivity contribution in [2.24, 2.45) is 0 Å². The van der Waals surface area contributed by atoms with Crippen LogP contribution in [0.2, 0.25) is 0 Å². The van der Waals surface area contributed by atoms with E-state index in [0.717, 1.165) is 17.9 Å². The number of hydrogen-bond acceptors (Lipinski definition) is 4. The Labute approximate surface area is 140 Å². The van der Waals surface area contributed by atoms with Crippen molar-refractivity contribution in [1.82, 2.24) is 14.8 Å². The number of methoxy groups -OCH3 is 1. The van der Waals surface area contributed by atoms with Gasteiger partial charge in [0.15, 0.2) is 5.82 Å². The summed E-state index contributed by atoms with van der Waals surface area (Å²) in [6.45, 7) is 2.81. The van der Waals surface area contributed by atoms with Crippen LogP contribution >= 0.6 is 0 Å². The summed E-state index contributed by atoms with van der Waals surface area (Å²) in [5.41, 5.74) is 2.14. The predicted molar refractivity (Wildman–Crippen MR) is 92.1 cm³/mol. The number of carbonyl (C=O) groups is 1. The van der Waals surface area contributed by atoms with Crippen LogP contribution in [0.5, 0.6) is 5.75 Å². The monoisotopic (exact) mass is 322 g/mol. The number of nitrogens with one attached hydrogen (secondary N) is 1. The van der Waals surface area contributed by atoms with Gasteiger partial charge in [0.1, 0.15) is 12.1 Å². The van der Waals surface area contributed by atoms with Crippen molar-refractivity contribution in [3.8, 4) is 17.1 Å². The summed E-state index contributed by atoms with van der Waals surface area (Å²) in [5.74, 6) is 1.23. The molecule has 6 heteroatoms. The first-order valence-corrected chi connectivity index (χ1v) is 7.65. The molecular weight excluding hydrogens is 304 g/mol. The van der Waals surface area contributed by atoms with E-state index in [-0.39, 0.29) is 5.91 Å². The minimum Gasteiger partial charge on any atom is -0.497 e. The highest BCUT2D eigenvalue weighted by atomic mass is 16.5. The zero-order chi connectivity index (χ0) is 16.9. The first-order chi connectivity index (χ1) is 11.7. The summed E-state index contributed by atoms with van der Waals surface area (Å²) in [6.07, 6.45) is 1.69. The summed E-state index contributed by atoms with van der Waals surface area (Å²) in [5, 5.41) is 11.0. The van der Waals surface area contributed by atoms with Crippen molar-refractivity contribution >= 4 is 11.6 Å². The normalized spacial score (nSPS) is 10.4. The Morgan fingerprint density at radius 2 is 2.04 bits per heavy atom. The number of anilines is 1.